The number of sulfonamides is 2. The average Bonchev–Trinajstić information content (AvgIpc) is 1.35. The first-order chi connectivity index (χ1) is 38.0. The van der Waals surface area contributed by atoms with Crippen molar-refractivity contribution in [3.63, 3.8) is 0 Å². The average molecular weight is 1200 g/mol. The van der Waals surface area contributed by atoms with E-state index >= 15 is 0 Å². The summed E-state index contributed by atoms with van der Waals surface area (Å²) in [5.74, 6) is -6.59. The highest BCUT2D eigenvalue weighted by atomic mass is 32.2. The Morgan fingerprint density at radius 1 is 0.561 bits per heavy atom. The second-order valence-electron chi connectivity index (χ2n) is 18.4. The number of carboxylic acid groups (broad SMARTS) is 2. The highest BCUT2D eigenvalue weighted by molar-refractivity contribution is 7.93. The van der Waals surface area contributed by atoms with Crippen molar-refractivity contribution in [2.45, 2.75) is 61.1 Å². The van der Waals surface area contributed by atoms with E-state index in [4.69, 9.17) is 4.42 Å². The van der Waals surface area contributed by atoms with Crippen molar-refractivity contribution in [3.8, 4) is 33.9 Å². The van der Waals surface area contributed by atoms with Gasteiger partial charge in [0.1, 0.15) is 42.1 Å². The first kappa shape index (κ1) is 58.6. The standard InChI is InChI=1S/C51H42N6O21S4/c1-22-13-24(3)46(54-79(68,69)41-18-29(56(64)65)16-34(48(41)58)50(60)61)26(5)44(22)52-28-11-12-31-37(15-28)78-38-21-36(40(82(75,76)77)20-33(38)43(31)32-9-7-8-10-39(32)81(72,73)74)53-45-23(2)14-25(4)47(27(45)6)55-80(70,71)42-19-30(57(66)67)17-35(49(42)59)51(62)63/h7-21,52,54-55,58-59H,1-6H3,(H,60,61)(H,62,63)(H,72,73,74)(H,75,76,77). The van der Waals surface area contributed by atoms with Crippen molar-refractivity contribution in [2.24, 2.45) is 4.99 Å². The van der Waals surface area contributed by atoms with E-state index in [0.717, 1.165) is 18.2 Å². The number of nitrogens with zero attached hydrogens (tertiary/aromatic N) is 3. The molecule has 0 radical (unpaired) electrons. The Morgan fingerprint density at radius 2 is 1.05 bits per heavy atom. The molecule has 1 heterocycles. The quantitative estimate of drug-likeness (QED) is 0.0189. The number of nitrogens with one attached hydrogen (secondary N) is 3. The molecule has 2 aliphatic rings. The SMILES string of the molecule is Cc1cc(C)c(NS(=O)(=O)c2cc([N+](=O)[O-])cc(C(=O)O)c2O)c(C)c1N=c1cc2oc3cc(Nc4c(C)cc(C)c(NS(=O)(=O)c5cc([N+](=O)[O-])cc(C(=O)O)c5O)c4C)ccc3c(-c3ccccc3S(=O)(=O)O)c-2cc1S(=O)(=O)O. The number of carbonyl (C=O) groups is 2. The zero-order chi connectivity index (χ0) is 60.6. The number of aromatic hydroxyl groups is 2. The number of aromatic carboxylic acids is 2. The lowest BCUT2D eigenvalue weighted by molar-refractivity contribution is -0.385. The summed E-state index contributed by atoms with van der Waals surface area (Å²) < 4.78 is 140. The molecule has 0 unspecified atom stereocenters. The van der Waals surface area contributed by atoms with Gasteiger partial charge in [-0.05, 0) is 99.2 Å². The number of fused-ring (bicyclic) bond motifs is 2. The molecule has 6 aromatic rings. The zero-order valence-electron chi connectivity index (χ0n) is 42.9. The molecular weight excluding hydrogens is 1160 g/mol. The summed E-state index contributed by atoms with van der Waals surface area (Å²) in [6, 6.07) is 16.2. The molecule has 0 bridgehead atoms. The van der Waals surface area contributed by atoms with E-state index in [2.05, 4.69) is 19.8 Å². The van der Waals surface area contributed by atoms with Crippen molar-refractivity contribution in [1.29, 1.82) is 0 Å². The third kappa shape index (κ3) is 10.9. The van der Waals surface area contributed by atoms with Crippen LogP contribution in [0.3, 0.4) is 0 Å². The van der Waals surface area contributed by atoms with Crippen molar-refractivity contribution >= 4 is 103 Å². The molecule has 6 aromatic carbocycles. The maximum atomic E-state index is 13.9. The molecule has 9 N–H and O–H groups in total. The Labute approximate surface area is 463 Å². The minimum absolute atomic E-state index is 0.0352. The molecule has 1 aliphatic heterocycles. The van der Waals surface area contributed by atoms with Crippen LogP contribution in [0, 0.1) is 61.8 Å². The minimum atomic E-state index is -5.33. The minimum Gasteiger partial charge on any atom is -0.506 e. The fourth-order valence-electron chi connectivity index (χ4n) is 9.28. The number of nitro groups is 2. The van der Waals surface area contributed by atoms with Gasteiger partial charge in [-0.25, -0.2) is 31.4 Å². The summed E-state index contributed by atoms with van der Waals surface area (Å²) in [6.07, 6.45) is 0. The van der Waals surface area contributed by atoms with Gasteiger partial charge in [0.2, 0.25) is 0 Å². The lowest BCUT2D eigenvalue weighted by atomic mass is 9.93. The van der Waals surface area contributed by atoms with Crippen LogP contribution in [0.15, 0.2) is 120 Å². The van der Waals surface area contributed by atoms with E-state index in [1.54, 1.807) is 13.0 Å². The first-order valence-corrected chi connectivity index (χ1v) is 29.0. The number of rotatable bonds is 16. The number of hydrogen-bond acceptors (Lipinski definition) is 19. The second-order valence-corrected chi connectivity index (χ2v) is 24.5. The fourth-order valence-corrected chi connectivity index (χ4v) is 13.3. The molecule has 8 rings (SSSR count). The van der Waals surface area contributed by atoms with Gasteiger partial charge in [0.25, 0.3) is 51.7 Å². The fraction of sp³-hybridized carbons (Fsp3) is 0.118. The van der Waals surface area contributed by atoms with Crippen LogP contribution in [0.25, 0.3) is 33.4 Å². The van der Waals surface area contributed by atoms with Gasteiger partial charge in [0.15, 0.2) is 11.5 Å². The molecule has 0 spiro atoms. The van der Waals surface area contributed by atoms with E-state index in [1.165, 1.54) is 77.1 Å². The Morgan fingerprint density at radius 3 is 1.55 bits per heavy atom. The van der Waals surface area contributed by atoms with E-state index in [-0.39, 0.29) is 84.1 Å². The van der Waals surface area contributed by atoms with Crippen LogP contribution in [0.4, 0.5) is 39.8 Å². The molecule has 0 fully saturated rings. The molecular formula is C51H42N6O21S4. The van der Waals surface area contributed by atoms with Gasteiger partial charge in [0, 0.05) is 69.8 Å². The highest BCUT2D eigenvalue weighted by Crippen LogP contribution is 2.45. The van der Waals surface area contributed by atoms with Gasteiger partial charge in [0.05, 0.1) is 32.3 Å². The number of hydrogen-bond donors (Lipinski definition) is 9. The van der Waals surface area contributed by atoms with Crippen molar-refractivity contribution in [1.82, 2.24) is 0 Å². The number of aryl methyl sites for hydroxylation is 4. The van der Waals surface area contributed by atoms with E-state index in [9.17, 15) is 93.0 Å². The van der Waals surface area contributed by atoms with Crippen molar-refractivity contribution < 1.29 is 87.1 Å². The predicted octanol–water partition coefficient (Wildman–Crippen LogP) is 8.75. The largest absolute Gasteiger partial charge is 0.506 e. The third-order valence-corrected chi connectivity index (χ3v) is 17.5. The topological polar surface area (TPSA) is 440 Å². The Balaban J connectivity index is 1.33. The monoisotopic (exact) mass is 1200 g/mol. The normalized spacial score (nSPS) is 12.4. The van der Waals surface area contributed by atoms with Gasteiger partial charge in [-0.3, -0.25) is 38.8 Å². The van der Waals surface area contributed by atoms with Gasteiger partial charge in [-0.2, -0.15) is 16.8 Å². The summed E-state index contributed by atoms with van der Waals surface area (Å²) in [4.78, 5) is 45.6. The zero-order valence-corrected chi connectivity index (χ0v) is 46.2. The summed E-state index contributed by atoms with van der Waals surface area (Å²) in [5.41, 5.74) is -3.19. The van der Waals surface area contributed by atoms with Crippen LogP contribution < -0.4 is 20.1 Å². The summed E-state index contributed by atoms with van der Waals surface area (Å²) in [6.45, 7) is 8.95. The van der Waals surface area contributed by atoms with E-state index in [0.29, 0.717) is 35.4 Å². The smallest absolute Gasteiger partial charge is 0.339 e. The summed E-state index contributed by atoms with van der Waals surface area (Å²) in [7, 11) is -20.4. The highest BCUT2D eigenvalue weighted by Gasteiger charge is 2.33. The Hall–Kier alpha value is -9.53. The number of non-ortho nitro benzene ring substituents is 2. The van der Waals surface area contributed by atoms with Crippen LogP contribution in [0.2, 0.25) is 0 Å². The molecule has 27 nitrogen and oxygen atoms in total. The molecule has 31 heteroatoms. The first-order valence-electron chi connectivity index (χ1n) is 23.2. The van der Waals surface area contributed by atoms with Crippen molar-refractivity contribution in [3.05, 3.63) is 161 Å². The molecule has 0 saturated carbocycles. The molecule has 0 aromatic heterocycles. The molecule has 0 saturated heterocycles. The predicted molar refractivity (Wildman–Crippen MR) is 293 cm³/mol. The van der Waals surface area contributed by atoms with Gasteiger partial charge >= 0.3 is 11.9 Å². The Kier molecular flexibility index (Phi) is 14.9. The van der Waals surface area contributed by atoms with Crippen LogP contribution >= 0.6 is 0 Å². The maximum Gasteiger partial charge on any atom is 0.339 e. The van der Waals surface area contributed by atoms with Crippen LogP contribution in [-0.4, -0.2) is 85.0 Å². The van der Waals surface area contributed by atoms with Gasteiger partial charge < -0.3 is 30.2 Å². The van der Waals surface area contributed by atoms with Gasteiger partial charge in [-0.1, -0.05) is 30.3 Å². The number of benzene rings is 7. The molecule has 0 atom stereocenters. The molecule has 82 heavy (non-hydrogen) atoms. The number of carboxylic acids is 2. The summed E-state index contributed by atoms with van der Waals surface area (Å²) >= 11 is 0. The lowest BCUT2D eigenvalue weighted by Crippen LogP contribution is -2.18. The Bertz CT molecular complexity index is 4700. The summed E-state index contributed by atoms with van der Waals surface area (Å²) in [5, 5.41) is 66.6. The second kappa shape index (κ2) is 20.9. The van der Waals surface area contributed by atoms with Crippen molar-refractivity contribution in [2.75, 3.05) is 14.8 Å². The van der Waals surface area contributed by atoms with Gasteiger partial charge in [-0.15, -0.1) is 0 Å². The lowest BCUT2D eigenvalue weighted by Gasteiger charge is -2.21. The number of phenols is 2. The van der Waals surface area contributed by atoms with Crippen LogP contribution in [0.1, 0.15) is 54.1 Å². The van der Waals surface area contributed by atoms with E-state index < -0.39 is 121 Å². The molecule has 1 aliphatic carbocycles. The molecule has 0 amide bonds. The third-order valence-electron chi connectivity index (χ3n) is 13.0. The van der Waals surface area contributed by atoms with E-state index in [1.807, 2.05) is 0 Å². The maximum absolute atomic E-state index is 13.9. The molecule has 426 valence electrons. The number of anilines is 4. The number of nitro benzene ring substituents is 2. The van der Waals surface area contributed by atoms with Crippen LogP contribution in [-0.2, 0) is 40.3 Å². The van der Waals surface area contributed by atoms with Crippen LogP contribution in [0.5, 0.6) is 11.5 Å².